The van der Waals surface area contributed by atoms with Crippen LogP contribution in [0.1, 0.15) is 5.56 Å². The minimum absolute atomic E-state index is 0.917. The summed E-state index contributed by atoms with van der Waals surface area (Å²) in [6.45, 7) is 2.00. The fourth-order valence-electron chi connectivity index (χ4n) is 0.859. The largest absolute Gasteiger partial charge is 0.478 e. The fraction of sp³-hybridized carbons (Fsp3) is 0.100. The van der Waals surface area contributed by atoms with E-state index in [1.54, 1.807) is 5.41 Å². The van der Waals surface area contributed by atoms with Crippen molar-refractivity contribution in [2.75, 3.05) is 0 Å². The zero-order chi connectivity index (χ0) is 9.68. The zero-order valence-corrected chi connectivity index (χ0v) is 8.04. The summed E-state index contributed by atoms with van der Waals surface area (Å²) >= 11 is 1.40. The molecule has 0 spiro atoms. The third kappa shape index (κ3) is 3.80. The summed E-state index contributed by atoms with van der Waals surface area (Å²) in [6, 6.07) is 7.91. The number of aryl methyl sites for hydroxylation is 1. The third-order valence-corrected chi connectivity index (χ3v) is 2.20. The molecule has 0 bridgehead atoms. The Morgan fingerprint density at radius 1 is 1.54 bits per heavy atom. The molecule has 3 heteroatoms. The molecule has 1 aromatic carbocycles. The maximum Gasteiger partial charge on any atom is 0.328 e. The van der Waals surface area contributed by atoms with E-state index in [2.05, 4.69) is 0 Å². The van der Waals surface area contributed by atoms with Crippen LogP contribution in [0.4, 0.5) is 0 Å². The molecule has 0 aliphatic heterocycles. The summed E-state index contributed by atoms with van der Waals surface area (Å²) in [4.78, 5) is 11.2. The Morgan fingerprint density at radius 2 is 2.31 bits per heavy atom. The molecule has 0 saturated carbocycles. The predicted octanol–water partition coefficient (Wildman–Crippen LogP) is 2.69. The molecule has 0 saturated heterocycles. The van der Waals surface area contributed by atoms with Crippen molar-refractivity contribution in [3.05, 3.63) is 41.3 Å². The molecule has 1 aromatic rings. The molecule has 0 heterocycles. The minimum atomic E-state index is -0.917. The van der Waals surface area contributed by atoms with Crippen molar-refractivity contribution in [1.82, 2.24) is 0 Å². The first kappa shape index (κ1) is 9.86. The van der Waals surface area contributed by atoms with Gasteiger partial charge in [0.05, 0.1) is 0 Å². The van der Waals surface area contributed by atoms with Gasteiger partial charge in [0, 0.05) is 11.0 Å². The van der Waals surface area contributed by atoms with Crippen LogP contribution in [0.2, 0.25) is 0 Å². The summed E-state index contributed by atoms with van der Waals surface area (Å²) in [7, 11) is 0. The van der Waals surface area contributed by atoms with Gasteiger partial charge in [0.2, 0.25) is 0 Å². The quantitative estimate of drug-likeness (QED) is 0.593. The van der Waals surface area contributed by atoms with E-state index in [1.165, 1.54) is 17.3 Å². The number of aliphatic carboxylic acids is 1. The molecule has 1 N–H and O–H groups in total. The number of benzene rings is 1. The van der Waals surface area contributed by atoms with E-state index >= 15 is 0 Å². The standard InChI is InChI=1S/C10H10O2S/c1-8-3-2-4-9(7-8)13-6-5-10(11)12/h2-7H,1H3,(H,11,12)/b6-5+. The lowest BCUT2D eigenvalue weighted by atomic mass is 10.2. The third-order valence-electron chi connectivity index (χ3n) is 1.40. The summed E-state index contributed by atoms with van der Waals surface area (Å²) in [5, 5.41) is 9.91. The molecule has 0 radical (unpaired) electrons. The van der Waals surface area contributed by atoms with Gasteiger partial charge in [-0.2, -0.15) is 0 Å². The molecular weight excluding hydrogens is 184 g/mol. The lowest BCUT2D eigenvalue weighted by Crippen LogP contribution is -1.84. The molecule has 68 valence electrons. The minimum Gasteiger partial charge on any atom is -0.478 e. The molecule has 0 amide bonds. The highest BCUT2D eigenvalue weighted by molar-refractivity contribution is 8.02. The summed E-state index contributed by atoms with van der Waals surface area (Å²) in [5.74, 6) is -0.917. The van der Waals surface area contributed by atoms with Gasteiger partial charge in [-0.3, -0.25) is 0 Å². The number of thioether (sulfide) groups is 1. The average Bonchev–Trinajstić information content (AvgIpc) is 2.03. The van der Waals surface area contributed by atoms with Crippen molar-refractivity contribution in [1.29, 1.82) is 0 Å². The van der Waals surface area contributed by atoms with Gasteiger partial charge in [-0.15, -0.1) is 0 Å². The fourth-order valence-corrected chi connectivity index (χ4v) is 1.61. The molecule has 0 atom stereocenters. The van der Waals surface area contributed by atoms with Crippen LogP contribution in [-0.4, -0.2) is 11.1 Å². The second kappa shape index (κ2) is 4.72. The van der Waals surface area contributed by atoms with Crippen molar-refractivity contribution >= 4 is 17.7 Å². The Morgan fingerprint density at radius 3 is 2.92 bits per heavy atom. The van der Waals surface area contributed by atoms with Crippen LogP contribution in [0.3, 0.4) is 0 Å². The topological polar surface area (TPSA) is 37.3 Å². The summed E-state index contributed by atoms with van der Waals surface area (Å²) < 4.78 is 0. The van der Waals surface area contributed by atoms with Crippen LogP contribution in [-0.2, 0) is 4.79 Å². The molecular formula is C10H10O2S. The van der Waals surface area contributed by atoms with Crippen LogP contribution >= 0.6 is 11.8 Å². The highest BCUT2D eigenvalue weighted by atomic mass is 32.2. The number of rotatable bonds is 3. The first-order valence-electron chi connectivity index (χ1n) is 3.81. The van der Waals surface area contributed by atoms with Gasteiger partial charge in [-0.05, 0) is 24.5 Å². The normalized spacial score (nSPS) is 10.5. The van der Waals surface area contributed by atoms with Gasteiger partial charge >= 0.3 is 5.97 Å². The lowest BCUT2D eigenvalue weighted by molar-refractivity contribution is -0.131. The first-order valence-corrected chi connectivity index (χ1v) is 4.69. The van der Waals surface area contributed by atoms with Crippen LogP contribution in [0, 0.1) is 6.92 Å². The smallest absolute Gasteiger partial charge is 0.328 e. The van der Waals surface area contributed by atoms with Gasteiger partial charge in [0.15, 0.2) is 0 Å². The van der Waals surface area contributed by atoms with Crippen molar-refractivity contribution < 1.29 is 9.90 Å². The Balaban J connectivity index is 2.59. The second-order valence-corrected chi connectivity index (χ2v) is 3.55. The van der Waals surface area contributed by atoms with Crippen LogP contribution in [0.15, 0.2) is 40.6 Å². The zero-order valence-electron chi connectivity index (χ0n) is 7.23. The molecule has 0 aliphatic rings. The van der Waals surface area contributed by atoms with Crippen LogP contribution in [0.25, 0.3) is 0 Å². The van der Waals surface area contributed by atoms with E-state index in [0.29, 0.717) is 0 Å². The van der Waals surface area contributed by atoms with E-state index in [0.717, 1.165) is 11.0 Å². The number of hydrogen-bond acceptors (Lipinski definition) is 2. The molecule has 2 nitrogen and oxygen atoms in total. The number of carboxylic acids is 1. The molecule has 0 aliphatic carbocycles. The van der Waals surface area contributed by atoms with Crippen molar-refractivity contribution in [3.63, 3.8) is 0 Å². The second-order valence-electron chi connectivity index (χ2n) is 2.58. The monoisotopic (exact) mass is 194 g/mol. The van der Waals surface area contributed by atoms with Crippen LogP contribution < -0.4 is 0 Å². The Kier molecular flexibility index (Phi) is 3.58. The Bertz CT molecular complexity index is 331. The maximum absolute atomic E-state index is 10.2. The highest BCUT2D eigenvalue weighted by Gasteiger charge is 1.91. The number of carboxylic acid groups (broad SMARTS) is 1. The lowest BCUT2D eigenvalue weighted by Gasteiger charge is -1.96. The Labute approximate surface area is 81.3 Å². The van der Waals surface area contributed by atoms with E-state index < -0.39 is 5.97 Å². The van der Waals surface area contributed by atoms with E-state index in [1.807, 2.05) is 31.2 Å². The van der Waals surface area contributed by atoms with E-state index in [-0.39, 0.29) is 0 Å². The number of carbonyl (C=O) groups is 1. The SMILES string of the molecule is Cc1cccc(S/C=C/C(=O)O)c1. The molecule has 0 fully saturated rings. The predicted molar refractivity (Wildman–Crippen MR) is 53.8 cm³/mol. The van der Waals surface area contributed by atoms with Gasteiger partial charge in [-0.1, -0.05) is 29.5 Å². The average molecular weight is 194 g/mol. The van der Waals surface area contributed by atoms with E-state index in [4.69, 9.17) is 5.11 Å². The Hall–Kier alpha value is -1.22. The summed E-state index contributed by atoms with van der Waals surface area (Å²) in [6.07, 6.45) is 1.13. The van der Waals surface area contributed by atoms with Crippen molar-refractivity contribution in [2.45, 2.75) is 11.8 Å². The molecule has 0 unspecified atom stereocenters. The molecule has 0 aromatic heterocycles. The molecule has 1 rings (SSSR count). The number of hydrogen-bond donors (Lipinski definition) is 1. The summed E-state index contributed by atoms with van der Waals surface area (Å²) in [5.41, 5.74) is 1.17. The first-order chi connectivity index (χ1) is 6.18. The van der Waals surface area contributed by atoms with Gasteiger partial charge in [-0.25, -0.2) is 4.79 Å². The van der Waals surface area contributed by atoms with Crippen molar-refractivity contribution in [3.8, 4) is 0 Å². The molecule has 13 heavy (non-hydrogen) atoms. The van der Waals surface area contributed by atoms with Crippen LogP contribution in [0.5, 0.6) is 0 Å². The van der Waals surface area contributed by atoms with Gasteiger partial charge in [0.1, 0.15) is 0 Å². The highest BCUT2D eigenvalue weighted by Crippen LogP contribution is 2.19. The van der Waals surface area contributed by atoms with Gasteiger partial charge in [0.25, 0.3) is 0 Å². The van der Waals surface area contributed by atoms with Crippen molar-refractivity contribution in [2.24, 2.45) is 0 Å². The van der Waals surface area contributed by atoms with Gasteiger partial charge < -0.3 is 5.11 Å². The van der Waals surface area contributed by atoms with E-state index in [9.17, 15) is 4.79 Å². The maximum atomic E-state index is 10.2.